The number of hydrogen-bond acceptors (Lipinski definition) is 15. The number of benzene rings is 1. The molecule has 11 amide bonds. The SMILES string of the molecule is CC[C@@H](C)[C@@H]1NC(=O)[C@H](Cc2ccc(O)cc2)NC(=O)[C@@H](N)CSSCC(C(=O)N2CCC[C@H]2C(=O)N[C@H](C(=O)NCC(N)=O)C(C)C)NC(=O)[C@H](CC(N)=O)NC(=O)C(CC(N)=O)NC1=O. The number of aromatic hydroxyl groups is 1. The lowest BCUT2D eigenvalue weighted by molar-refractivity contribution is -0.142. The molecular weight excluding hydrogens is 917 g/mol. The maximum absolute atomic E-state index is 14.4. The Kier molecular flexibility index (Phi) is 21.6. The molecule has 2 fully saturated rings. The van der Waals surface area contributed by atoms with E-state index in [0.717, 1.165) is 21.6 Å². The van der Waals surface area contributed by atoms with E-state index in [4.69, 9.17) is 22.9 Å². The van der Waals surface area contributed by atoms with Crippen LogP contribution in [0.5, 0.6) is 5.75 Å². The topological polar surface area (TPSA) is 400 Å². The van der Waals surface area contributed by atoms with Crippen molar-refractivity contribution in [2.75, 3.05) is 24.6 Å². The van der Waals surface area contributed by atoms with Gasteiger partial charge >= 0.3 is 0 Å². The molecule has 2 aliphatic heterocycles. The van der Waals surface area contributed by atoms with Gasteiger partial charge in [-0.15, -0.1) is 0 Å². The highest BCUT2D eigenvalue weighted by molar-refractivity contribution is 8.76. The largest absolute Gasteiger partial charge is 0.508 e. The first-order valence-corrected chi connectivity index (χ1v) is 24.0. The van der Waals surface area contributed by atoms with Crippen LogP contribution in [-0.4, -0.2) is 148 Å². The van der Waals surface area contributed by atoms with Gasteiger partial charge in [0.25, 0.3) is 0 Å². The molecule has 0 saturated carbocycles. The number of phenolic OH excluding ortho intramolecular Hbond substituents is 1. The fourth-order valence-corrected chi connectivity index (χ4v) is 9.28. The van der Waals surface area contributed by atoms with E-state index in [-0.39, 0.29) is 36.6 Å². The Morgan fingerprint density at radius 2 is 1.31 bits per heavy atom. The van der Waals surface area contributed by atoms with Crippen LogP contribution in [0.4, 0.5) is 0 Å². The highest BCUT2D eigenvalue weighted by atomic mass is 33.1. The minimum atomic E-state index is -1.79. The molecule has 0 radical (unpaired) electrons. The number of carbonyl (C=O) groups is 11. The summed E-state index contributed by atoms with van der Waals surface area (Å²) < 4.78 is 0. The van der Waals surface area contributed by atoms with E-state index in [0.29, 0.717) is 18.4 Å². The van der Waals surface area contributed by atoms with Gasteiger partial charge in [-0.2, -0.15) is 0 Å². The standard InChI is InChI=1S/C41H62N12O12S2/c1-5-20(4)33-40(64)49-26(15-30(44)56)35(59)48-25(14-29(43)55)36(60)50-27(41(65)53-12-6-7-28(53)38(62)51-32(19(2)3)39(63)46-16-31(45)57)18-67-66-17-23(42)34(58)47-24(37(61)52-33)13-21-8-10-22(54)11-9-21/h8-11,19-20,23-28,32-33,54H,5-7,12-18,42H2,1-4H3,(H2,43,55)(H2,44,56)(H2,45,57)(H,46,63)(H,47,58)(H,48,59)(H,49,64)(H,50,60)(H,51,62)(H,52,61)/t20-,23+,24+,25+,26?,27?,28+,32+,33+/m1/s1. The van der Waals surface area contributed by atoms with Crippen LogP contribution >= 0.6 is 21.6 Å². The average molecular weight is 979 g/mol. The van der Waals surface area contributed by atoms with Gasteiger partial charge in [-0.1, -0.05) is 67.8 Å². The molecule has 67 heavy (non-hydrogen) atoms. The Bertz CT molecular complexity index is 2010. The van der Waals surface area contributed by atoms with E-state index >= 15 is 0 Å². The van der Waals surface area contributed by atoms with Crippen LogP contribution in [-0.2, 0) is 59.2 Å². The van der Waals surface area contributed by atoms with Crippen molar-refractivity contribution in [3.05, 3.63) is 29.8 Å². The summed E-state index contributed by atoms with van der Waals surface area (Å²) in [5.74, 6) is -11.3. The van der Waals surface area contributed by atoms with Crippen molar-refractivity contribution < 1.29 is 57.8 Å². The fraction of sp³-hybridized carbons (Fsp3) is 0.585. The Morgan fingerprint density at radius 1 is 0.761 bits per heavy atom. The van der Waals surface area contributed by atoms with Crippen molar-refractivity contribution in [1.29, 1.82) is 0 Å². The summed E-state index contributed by atoms with van der Waals surface area (Å²) in [6.07, 6.45) is -0.924. The summed E-state index contributed by atoms with van der Waals surface area (Å²) in [5, 5.41) is 27.3. The number of rotatable bonds is 15. The van der Waals surface area contributed by atoms with E-state index < -0.39 is 145 Å². The maximum atomic E-state index is 14.4. The molecule has 1 aromatic rings. The number of nitrogens with two attached hydrogens (primary N) is 4. The minimum Gasteiger partial charge on any atom is -0.508 e. The first kappa shape index (κ1) is 55.2. The van der Waals surface area contributed by atoms with Gasteiger partial charge < -0.3 is 70.2 Å². The number of carbonyl (C=O) groups excluding carboxylic acids is 11. The molecule has 0 spiro atoms. The summed E-state index contributed by atoms with van der Waals surface area (Å²) in [6, 6.07) is -5.41. The molecule has 0 bridgehead atoms. The maximum Gasteiger partial charge on any atom is 0.246 e. The van der Waals surface area contributed by atoms with Gasteiger partial charge in [-0.25, -0.2) is 0 Å². The molecule has 0 aromatic heterocycles. The van der Waals surface area contributed by atoms with Gasteiger partial charge in [-0.05, 0) is 42.4 Å². The quantitative estimate of drug-likeness (QED) is 0.0739. The van der Waals surface area contributed by atoms with Crippen molar-refractivity contribution in [2.45, 2.75) is 115 Å². The summed E-state index contributed by atoms with van der Waals surface area (Å²) >= 11 is 0. The molecule has 16 N–H and O–H groups in total. The van der Waals surface area contributed by atoms with E-state index in [9.17, 15) is 57.8 Å². The van der Waals surface area contributed by atoms with Gasteiger partial charge in [0.05, 0.1) is 25.4 Å². The molecular formula is C41H62N12O12S2. The molecule has 2 unspecified atom stereocenters. The zero-order chi connectivity index (χ0) is 50.1. The molecule has 2 saturated heterocycles. The number of amides is 11. The zero-order valence-corrected chi connectivity index (χ0v) is 39.3. The lowest BCUT2D eigenvalue weighted by Gasteiger charge is -2.31. The van der Waals surface area contributed by atoms with Crippen molar-refractivity contribution >= 4 is 86.6 Å². The van der Waals surface area contributed by atoms with Crippen LogP contribution in [0.25, 0.3) is 0 Å². The normalized spacial score (nSPS) is 24.7. The molecule has 26 heteroatoms. The summed E-state index contributed by atoms with van der Waals surface area (Å²) in [4.78, 5) is 147. The van der Waals surface area contributed by atoms with Crippen LogP contribution in [0.1, 0.15) is 65.4 Å². The lowest BCUT2D eigenvalue weighted by atomic mass is 9.96. The Hall–Kier alpha value is -6.15. The molecule has 24 nitrogen and oxygen atoms in total. The average Bonchev–Trinajstić information content (AvgIpc) is 3.76. The van der Waals surface area contributed by atoms with Gasteiger partial charge in [0, 0.05) is 24.5 Å². The molecule has 9 atom stereocenters. The van der Waals surface area contributed by atoms with Gasteiger partial charge in [0.15, 0.2) is 0 Å². The number of phenols is 1. The second kappa shape index (κ2) is 26.3. The summed E-state index contributed by atoms with van der Waals surface area (Å²) in [6.45, 7) is 6.22. The number of nitrogens with zero attached hydrogens (tertiary/aromatic N) is 1. The first-order chi connectivity index (χ1) is 31.5. The first-order valence-electron chi connectivity index (χ1n) is 21.6. The van der Waals surface area contributed by atoms with E-state index in [2.05, 4.69) is 37.2 Å². The van der Waals surface area contributed by atoms with Gasteiger partial charge in [0.1, 0.15) is 48.0 Å². The zero-order valence-electron chi connectivity index (χ0n) is 37.7. The second-order valence-electron chi connectivity index (χ2n) is 16.6. The third-order valence-corrected chi connectivity index (χ3v) is 13.4. The lowest BCUT2D eigenvalue weighted by Crippen LogP contribution is -2.62. The second-order valence-corrected chi connectivity index (χ2v) is 19.2. The van der Waals surface area contributed by atoms with Crippen LogP contribution in [0, 0.1) is 11.8 Å². The van der Waals surface area contributed by atoms with Crippen molar-refractivity contribution in [3.8, 4) is 5.75 Å². The smallest absolute Gasteiger partial charge is 0.246 e. The van der Waals surface area contributed by atoms with E-state index in [1.807, 2.05) is 0 Å². The molecule has 2 aliphatic rings. The fourth-order valence-electron chi connectivity index (χ4n) is 7.00. The van der Waals surface area contributed by atoms with Gasteiger partial charge in [-0.3, -0.25) is 52.7 Å². The third-order valence-electron chi connectivity index (χ3n) is 10.9. The summed E-state index contributed by atoms with van der Waals surface area (Å²) in [7, 11) is 2.02. The third kappa shape index (κ3) is 17.2. The van der Waals surface area contributed by atoms with Crippen LogP contribution in [0.15, 0.2) is 24.3 Å². The number of hydrogen-bond donors (Lipinski definition) is 12. The number of nitrogens with one attached hydrogen (secondary N) is 7. The number of primary amides is 3. The molecule has 2 heterocycles. The van der Waals surface area contributed by atoms with Crippen LogP contribution in [0.2, 0.25) is 0 Å². The predicted octanol–water partition coefficient (Wildman–Crippen LogP) is -4.39. The number of likely N-dealkylation sites (tertiary alicyclic amines) is 1. The van der Waals surface area contributed by atoms with Crippen molar-refractivity contribution in [3.63, 3.8) is 0 Å². The van der Waals surface area contributed by atoms with E-state index in [1.165, 1.54) is 29.2 Å². The highest BCUT2D eigenvalue weighted by Crippen LogP contribution is 2.26. The Balaban J connectivity index is 2.04. The Morgan fingerprint density at radius 3 is 1.88 bits per heavy atom. The van der Waals surface area contributed by atoms with Gasteiger partial charge in [0.2, 0.25) is 65.0 Å². The molecule has 3 rings (SSSR count). The highest BCUT2D eigenvalue weighted by Gasteiger charge is 2.41. The molecule has 1 aromatic carbocycles. The molecule has 0 aliphatic carbocycles. The Labute approximate surface area is 394 Å². The predicted molar refractivity (Wildman–Crippen MR) is 245 cm³/mol. The van der Waals surface area contributed by atoms with Crippen LogP contribution in [0.3, 0.4) is 0 Å². The van der Waals surface area contributed by atoms with Crippen molar-refractivity contribution in [2.24, 2.45) is 34.8 Å². The van der Waals surface area contributed by atoms with Crippen molar-refractivity contribution in [1.82, 2.24) is 42.1 Å². The molecule has 370 valence electrons. The minimum absolute atomic E-state index is 0.0405. The van der Waals surface area contributed by atoms with Crippen LogP contribution < -0.4 is 60.2 Å². The monoisotopic (exact) mass is 978 g/mol. The summed E-state index contributed by atoms with van der Waals surface area (Å²) in [5.41, 5.74) is 22.9. The van der Waals surface area contributed by atoms with E-state index in [1.54, 1.807) is 27.7 Å².